The van der Waals surface area contributed by atoms with Crippen molar-refractivity contribution in [3.63, 3.8) is 0 Å². The molecule has 0 amide bonds. The highest BCUT2D eigenvalue weighted by atomic mass is 32.2. The highest BCUT2D eigenvalue weighted by molar-refractivity contribution is 8.13. The number of thioether (sulfide) groups is 1. The van der Waals surface area contributed by atoms with Crippen molar-refractivity contribution in [3.8, 4) is 0 Å². The number of esters is 1. The number of ether oxygens (including phenoxy) is 1. The van der Waals surface area contributed by atoms with Crippen molar-refractivity contribution in [3.05, 3.63) is 23.8 Å². The molecule has 4 aliphatic rings. The number of rotatable bonds is 4. The van der Waals surface area contributed by atoms with Crippen LogP contribution in [-0.2, 0) is 19.1 Å². The van der Waals surface area contributed by atoms with Crippen molar-refractivity contribution in [1.82, 2.24) is 0 Å². The van der Waals surface area contributed by atoms with E-state index in [1.807, 2.05) is 0 Å². The summed E-state index contributed by atoms with van der Waals surface area (Å²) in [6.45, 7) is 8.24. The van der Waals surface area contributed by atoms with Gasteiger partial charge < -0.3 is 9.84 Å². The summed E-state index contributed by atoms with van der Waals surface area (Å²) in [5.41, 5.74) is -8.10. The van der Waals surface area contributed by atoms with Gasteiger partial charge in [0, 0.05) is 29.1 Å². The smallest absolute Gasteiger partial charge is 0.306 e. The summed E-state index contributed by atoms with van der Waals surface area (Å²) in [6.07, 6.45) is 0.0380. The predicted molar refractivity (Wildman–Crippen MR) is 125 cm³/mol. The van der Waals surface area contributed by atoms with Crippen molar-refractivity contribution in [2.24, 2.45) is 28.1 Å². The fourth-order valence-electron chi connectivity index (χ4n) is 8.14. The largest absolute Gasteiger partial charge is 0.449 e. The second kappa shape index (κ2) is 8.20. The van der Waals surface area contributed by atoms with Crippen molar-refractivity contribution in [2.75, 3.05) is 6.01 Å². The van der Waals surface area contributed by atoms with Crippen LogP contribution < -0.4 is 0 Å². The molecule has 9 atom stereocenters. The molecule has 1 unspecified atom stereocenters. The maximum Gasteiger partial charge on any atom is 0.306 e. The number of aliphatic hydroxyl groups excluding tert-OH is 1. The zero-order valence-corrected chi connectivity index (χ0v) is 21.5. The summed E-state index contributed by atoms with van der Waals surface area (Å²) in [4.78, 5) is 38.1. The Morgan fingerprint density at radius 3 is 2.51 bits per heavy atom. The Morgan fingerprint density at radius 1 is 1.26 bits per heavy atom. The molecule has 3 fully saturated rings. The van der Waals surface area contributed by atoms with Gasteiger partial charge in [-0.05, 0) is 61.1 Å². The van der Waals surface area contributed by atoms with E-state index in [1.165, 1.54) is 19.1 Å². The van der Waals surface area contributed by atoms with E-state index < -0.39 is 74.5 Å². The lowest BCUT2D eigenvalue weighted by atomic mass is 9.40. The fourth-order valence-corrected chi connectivity index (χ4v) is 8.92. The quantitative estimate of drug-likeness (QED) is 0.542. The van der Waals surface area contributed by atoms with E-state index in [2.05, 4.69) is 0 Å². The minimum Gasteiger partial charge on any atom is -0.449 e. The van der Waals surface area contributed by atoms with Crippen LogP contribution in [0.15, 0.2) is 23.8 Å². The van der Waals surface area contributed by atoms with Crippen LogP contribution in [0.2, 0.25) is 0 Å². The Kier molecular flexibility index (Phi) is 6.20. The fraction of sp³-hybridized carbons (Fsp3) is 0.731. The van der Waals surface area contributed by atoms with E-state index in [4.69, 9.17) is 4.74 Å². The number of allylic oxidation sites excluding steroid dienone is 4. The van der Waals surface area contributed by atoms with Gasteiger partial charge in [0.2, 0.25) is 5.12 Å². The van der Waals surface area contributed by atoms with E-state index in [9.17, 15) is 23.9 Å². The van der Waals surface area contributed by atoms with Crippen LogP contribution in [0.4, 0.5) is 13.2 Å². The van der Waals surface area contributed by atoms with E-state index in [0.29, 0.717) is 11.8 Å². The average Bonchev–Trinajstić information content (AvgIpc) is 2.95. The molecule has 3 saturated carbocycles. The molecule has 0 bridgehead atoms. The second-order valence-electron chi connectivity index (χ2n) is 11.2. The number of alkyl halides is 3. The van der Waals surface area contributed by atoms with Crippen LogP contribution in [0, 0.1) is 28.1 Å². The molecule has 0 spiro atoms. The Bertz CT molecular complexity index is 1030. The molecule has 0 aromatic heterocycles. The zero-order chi connectivity index (χ0) is 26.2. The molecule has 35 heavy (non-hydrogen) atoms. The Balaban J connectivity index is 1.93. The van der Waals surface area contributed by atoms with Gasteiger partial charge in [0.05, 0.1) is 6.10 Å². The summed E-state index contributed by atoms with van der Waals surface area (Å²) in [5.74, 6) is -2.77. The summed E-state index contributed by atoms with van der Waals surface area (Å²) >= 11 is 0.394. The van der Waals surface area contributed by atoms with Gasteiger partial charge in [-0.3, -0.25) is 14.4 Å². The van der Waals surface area contributed by atoms with E-state index in [1.54, 1.807) is 27.7 Å². The highest BCUT2D eigenvalue weighted by Gasteiger charge is 2.82. The Labute approximate surface area is 207 Å². The lowest BCUT2D eigenvalue weighted by Gasteiger charge is -2.66. The average molecular weight is 515 g/mol. The topological polar surface area (TPSA) is 80.7 Å². The molecule has 0 radical (unpaired) electrons. The molecule has 9 heteroatoms. The SMILES string of the molecule is CCC(=O)O[C@]1(C(=O)SCF)[C@H](C)C[C@@]2(C)C3C[C@H](F)C4=CC(=O)C=C[C@]4(C)[C@@]3(F)[C@@H](O)C[C@@]21C. The molecule has 194 valence electrons. The molecule has 0 heterocycles. The van der Waals surface area contributed by atoms with E-state index in [0.717, 1.165) is 6.08 Å². The van der Waals surface area contributed by atoms with Gasteiger partial charge in [0.15, 0.2) is 17.1 Å². The monoisotopic (exact) mass is 514 g/mol. The minimum atomic E-state index is -2.34. The first kappa shape index (κ1) is 26.5. The van der Waals surface area contributed by atoms with Crippen molar-refractivity contribution >= 4 is 28.6 Å². The molecule has 0 aromatic rings. The zero-order valence-electron chi connectivity index (χ0n) is 20.7. The molecule has 0 saturated heterocycles. The van der Waals surface area contributed by atoms with Gasteiger partial charge in [-0.2, -0.15) is 0 Å². The maximum atomic E-state index is 17.5. The number of fused-ring (bicyclic) bond motifs is 5. The predicted octanol–water partition coefficient (Wildman–Crippen LogP) is 4.82. The number of hydrogen-bond acceptors (Lipinski definition) is 6. The van der Waals surface area contributed by atoms with Crippen LogP contribution in [0.25, 0.3) is 0 Å². The normalized spacial score (nSPS) is 48.5. The van der Waals surface area contributed by atoms with Crippen LogP contribution in [0.5, 0.6) is 0 Å². The van der Waals surface area contributed by atoms with Gasteiger partial charge >= 0.3 is 5.97 Å². The van der Waals surface area contributed by atoms with Crippen molar-refractivity contribution < 1.29 is 37.4 Å². The van der Waals surface area contributed by atoms with Crippen molar-refractivity contribution in [1.29, 1.82) is 0 Å². The van der Waals surface area contributed by atoms with Crippen LogP contribution in [-0.4, -0.2) is 51.5 Å². The van der Waals surface area contributed by atoms with Crippen molar-refractivity contribution in [2.45, 2.75) is 83.8 Å². The second-order valence-corrected chi connectivity index (χ2v) is 12.1. The van der Waals surface area contributed by atoms with Gasteiger partial charge in [-0.1, -0.05) is 33.8 Å². The van der Waals surface area contributed by atoms with Gasteiger partial charge in [0.25, 0.3) is 0 Å². The third-order valence-corrected chi connectivity index (χ3v) is 10.6. The van der Waals surface area contributed by atoms with E-state index in [-0.39, 0.29) is 31.3 Å². The first-order valence-corrected chi connectivity index (χ1v) is 13.1. The molecule has 4 aliphatic carbocycles. The Hall–Kier alpha value is -1.61. The summed E-state index contributed by atoms with van der Waals surface area (Å²) in [5, 5.41) is 10.8. The number of ketones is 1. The molecule has 4 rings (SSSR count). The number of carbonyl (C=O) groups is 3. The first-order valence-electron chi connectivity index (χ1n) is 12.1. The van der Waals surface area contributed by atoms with E-state index >= 15 is 8.78 Å². The van der Waals surface area contributed by atoms with Gasteiger partial charge in [0.1, 0.15) is 12.2 Å². The molecule has 0 aromatic carbocycles. The first-order chi connectivity index (χ1) is 16.2. The number of hydrogen-bond donors (Lipinski definition) is 1. The standard InChI is InChI=1S/C26H33F3O5S/c1-6-20(32)34-26(21(33)35-13-27)14(2)11-23(4)18-10-17(28)16-9-15(30)7-8-22(16,3)25(18,29)19(31)12-24(23,26)5/h7-9,14,17-19,31H,6,10-13H2,1-5H3/t14-,17+,18?,19+,22+,23+,24+,25+,26+/m1/s1. The Morgan fingerprint density at radius 2 is 1.91 bits per heavy atom. The summed E-state index contributed by atoms with van der Waals surface area (Å²) < 4.78 is 52.4. The number of aliphatic hydroxyl groups is 1. The van der Waals surface area contributed by atoms with Crippen LogP contribution in [0.1, 0.15) is 60.3 Å². The van der Waals surface area contributed by atoms with Crippen LogP contribution in [0.3, 0.4) is 0 Å². The highest BCUT2D eigenvalue weighted by Crippen LogP contribution is 2.77. The van der Waals surface area contributed by atoms with Gasteiger partial charge in [-0.25, -0.2) is 13.2 Å². The summed E-state index contributed by atoms with van der Waals surface area (Å²) in [6, 6.07) is -1.03. The van der Waals surface area contributed by atoms with Crippen LogP contribution >= 0.6 is 11.8 Å². The molecular formula is C26H33F3O5S. The lowest BCUT2D eigenvalue weighted by molar-refractivity contribution is -0.254. The van der Waals surface area contributed by atoms with Gasteiger partial charge in [-0.15, -0.1) is 0 Å². The number of carbonyl (C=O) groups excluding carboxylic acids is 3. The third-order valence-electron chi connectivity index (χ3n) is 9.97. The molecule has 1 N–H and O–H groups in total. The summed E-state index contributed by atoms with van der Waals surface area (Å²) in [7, 11) is 0. The molecular weight excluding hydrogens is 481 g/mol. The maximum absolute atomic E-state index is 17.5. The third kappa shape index (κ3) is 3.03. The minimum absolute atomic E-state index is 0.00813. The molecule has 0 aliphatic heterocycles. The molecule has 5 nitrogen and oxygen atoms in total. The lowest BCUT2D eigenvalue weighted by Crippen LogP contribution is -2.73. The number of halogens is 3.